The summed E-state index contributed by atoms with van der Waals surface area (Å²) >= 11 is 0. The van der Waals surface area contributed by atoms with Gasteiger partial charge in [-0.2, -0.15) is 13.2 Å². The van der Waals surface area contributed by atoms with Crippen molar-refractivity contribution in [2.24, 2.45) is 0 Å². The van der Waals surface area contributed by atoms with Crippen LogP contribution in [0.2, 0.25) is 0 Å². The molecular weight excluding hydrogens is 285 g/mol. The maximum Gasteiger partial charge on any atom is 0.451 e. The first kappa shape index (κ1) is 15.0. The minimum Gasteiger partial charge on any atom is -0.455 e. The molecule has 0 fully saturated rings. The van der Waals surface area contributed by atoms with Gasteiger partial charge in [-0.25, -0.2) is 4.79 Å². The van der Waals surface area contributed by atoms with Crippen LogP contribution < -0.4 is 10.6 Å². The zero-order valence-electron chi connectivity index (χ0n) is 11.1. The van der Waals surface area contributed by atoms with Crippen LogP contribution >= 0.6 is 0 Å². The highest BCUT2D eigenvalue weighted by molar-refractivity contribution is 5.89. The largest absolute Gasteiger partial charge is 0.455 e. The molecule has 4 nitrogen and oxygen atoms in total. The Bertz CT molecular complexity index is 621. The molecule has 0 spiro atoms. The molecule has 1 aromatic heterocycles. The van der Waals surface area contributed by atoms with Gasteiger partial charge >= 0.3 is 12.2 Å². The molecule has 2 rings (SSSR count). The first-order valence-electron chi connectivity index (χ1n) is 6.12. The molecule has 0 atom stereocenters. The van der Waals surface area contributed by atoms with Crippen molar-refractivity contribution in [3.8, 4) is 0 Å². The molecule has 7 heteroatoms. The molecule has 0 aliphatic heterocycles. The van der Waals surface area contributed by atoms with Gasteiger partial charge in [0.1, 0.15) is 5.76 Å². The number of hydrogen-bond donors (Lipinski definition) is 2. The van der Waals surface area contributed by atoms with E-state index in [-0.39, 0.29) is 12.3 Å². The fourth-order valence-electron chi connectivity index (χ4n) is 1.76. The molecule has 0 bridgehead atoms. The predicted molar refractivity (Wildman–Crippen MR) is 70.7 cm³/mol. The molecule has 21 heavy (non-hydrogen) atoms. The average Bonchev–Trinajstić information content (AvgIpc) is 2.78. The molecule has 2 amide bonds. The highest BCUT2D eigenvalue weighted by atomic mass is 19.4. The number of furan rings is 1. The number of nitrogens with one attached hydrogen (secondary N) is 2. The predicted octanol–water partition coefficient (Wildman–Crippen LogP) is 3.93. The monoisotopic (exact) mass is 298 g/mol. The summed E-state index contributed by atoms with van der Waals surface area (Å²) in [4.78, 5) is 11.6. The van der Waals surface area contributed by atoms with Crippen molar-refractivity contribution in [2.45, 2.75) is 19.6 Å². The number of carbonyl (C=O) groups excluding carboxylic acids is 1. The van der Waals surface area contributed by atoms with Gasteiger partial charge in [-0.3, -0.25) is 0 Å². The number of anilines is 1. The molecule has 0 aliphatic rings. The molecule has 0 aliphatic carbocycles. The zero-order chi connectivity index (χ0) is 15.5. The molecule has 1 heterocycles. The fraction of sp³-hybridized carbons (Fsp3) is 0.214. The molecule has 0 radical (unpaired) electrons. The Morgan fingerprint density at radius 3 is 2.52 bits per heavy atom. The van der Waals surface area contributed by atoms with E-state index in [1.165, 1.54) is 6.92 Å². The van der Waals surface area contributed by atoms with E-state index >= 15 is 0 Å². The van der Waals surface area contributed by atoms with E-state index in [4.69, 9.17) is 0 Å². The van der Waals surface area contributed by atoms with Gasteiger partial charge in [0.15, 0.2) is 0 Å². The highest BCUT2D eigenvalue weighted by Crippen LogP contribution is 2.36. The Hall–Kier alpha value is -2.44. The molecule has 2 aromatic rings. The van der Waals surface area contributed by atoms with Crippen LogP contribution in [0, 0.1) is 6.92 Å². The van der Waals surface area contributed by atoms with Crippen LogP contribution in [0.5, 0.6) is 0 Å². The van der Waals surface area contributed by atoms with Crippen molar-refractivity contribution in [1.82, 2.24) is 5.32 Å². The first-order valence-corrected chi connectivity index (χ1v) is 6.12. The molecule has 0 unspecified atom stereocenters. The third kappa shape index (κ3) is 4.01. The SMILES string of the molecule is Cc1cc(NC(=O)NCc2ccccc2)c(C(F)(F)F)o1. The van der Waals surface area contributed by atoms with Gasteiger partial charge < -0.3 is 15.1 Å². The third-order valence-corrected chi connectivity index (χ3v) is 2.66. The first-order chi connectivity index (χ1) is 9.86. The maximum absolute atomic E-state index is 12.7. The number of urea groups is 1. The minimum absolute atomic E-state index is 0.0701. The number of halogens is 3. The van der Waals surface area contributed by atoms with Gasteiger partial charge in [0.2, 0.25) is 5.76 Å². The lowest BCUT2D eigenvalue weighted by Gasteiger charge is -2.09. The summed E-state index contributed by atoms with van der Waals surface area (Å²) in [5, 5.41) is 4.62. The smallest absolute Gasteiger partial charge is 0.451 e. The van der Waals surface area contributed by atoms with Gasteiger partial charge in [-0.15, -0.1) is 0 Å². The van der Waals surface area contributed by atoms with E-state index in [9.17, 15) is 18.0 Å². The number of benzene rings is 1. The molecule has 2 N–H and O–H groups in total. The molecular formula is C14H13F3N2O2. The summed E-state index contributed by atoms with van der Waals surface area (Å²) in [5.74, 6) is -1.14. The number of alkyl halides is 3. The zero-order valence-corrected chi connectivity index (χ0v) is 11.1. The number of aryl methyl sites for hydroxylation is 1. The average molecular weight is 298 g/mol. The van der Waals surface area contributed by atoms with Crippen LogP contribution in [0.4, 0.5) is 23.7 Å². The van der Waals surface area contributed by atoms with Crippen LogP contribution in [0.15, 0.2) is 40.8 Å². The Labute approximate surface area is 119 Å². The topological polar surface area (TPSA) is 54.3 Å². The molecule has 1 aromatic carbocycles. The summed E-state index contributed by atoms with van der Waals surface area (Å²) in [5.41, 5.74) is 0.442. The number of hydrogen-bond acceptors (Lipinski definition) is 2. The van der Waals surface area contributed by atoms with Crippen LogP contribution in [-0.4, -0.2) is 6.03 Å². The van der Waals surface area contributed by atoms with E-state index in [1.54, 1.807) is 24.3 Å². The third-order valence-electron chi connectivity index (χ3n) is 2.66. The van der Waals surface area contributed by atoms with Crippen LogP contribution in [-0.2, 0) is 12.7 Å². The minimum atomic E-state index is -4.66. The molecule has 112 valence electrons. The van der Waals surface area contributed by atoms with Crippen molar-refractivity contribution in [3.05, 3.63) is 53.5 Å². The Kier molecular flexibility index (Phi) is 4.21. The van der Waals surface area contributed by atoms with E-state index in [0.29, 0.717) is 0 Å². The number of carbonyl (C=O) groups is 1. The van der Waals surface area contributed by atoms with Crippen LogP contribution in [0.25, 0.3) is 0 Å². The highest BCUT2D eigenvalue weighted by Gasteiger charge is 2.38. The maximum atomic E-state index is 12.7. The van der Waals surface area contributed by atoms with E-state index < -0.39 is 23.7 Å². The molecule has 0 saturated heterocycles. The second-order valence-corrected chi connectivity index (χ2v) is 4.39. The Morgan fingerprint density at radius 1 is 1.24 bits per heavy atom. The number of amides is 2. The quantitative estimate of drug-likeness (QED) is 0.902. The lowest BCUT2D eigenvalue weighted by molar-refractivity contribution is -0.152. The van der Waals surface area contributed by atoms with Crippen molar-refractivity contribution in [1.29, 1.82) is 0 Å². The summed E-state index contributed by atoms with van der Waals surface area (Å²) in [6, 6.07) is 9.42. The van der Waals surface area contributed by atoms with E-state index in [2.05, 4.69) is 15.1 Å². The summed E-state index contributed by atoms with van der Waals surface area (Å²) < 4.78 is 42.7. The summed E-state index contributed by atoms with van der Waals surface area (Å²) in [7, 11) is 0. The van der Waals surface area contributed by atoms with Crippen LogP contribution in [0.1, 0.15) is 17.1 Å². The van der Waals surface area contributed by atoms with Crippen molar-refractivity contribution >= 4 is 11.7 Å². The van der Waals surface area contributed by atoms with Gasteiger partial charge in [0.25, 0.3) is 0 Å². The Morgan fingerprint density at radius 2 is 1.90 bits per heavy atom. The number of rotatable bonds is 3. The van der Waals surface area contributed by atoms with Gasteiger partial charge in [-0.1, -0.05) is 30.3 Å². The van der Waals surface area contributed by atoms with Crippen molar-refractivity contribution < 1.29 is 22.4 Å². The van der Waals surface area contributed by atoms with Crippen LogP contribution in [0.3, 0.4) is 0 Å². The summed E-state index contributed by atoms with van der Waals surface area (Å²) in [6.45, 7) is 1.59. The van der Waals surface area contributed by atoms with E-state index in [0.717, 1.165) is 11.6 Å². The van der Waals surface area contributed by atoms with Crippen molar-refractivity contribution in [2.75, 3.05) is 5.32 Å². The second-order valence-electron chi connectivity index (χ2n) is 4.39. The van der Waals surface area contributed by atoms with Crippen molar-refractivity contribution in [3.63, 3.8) is 0 Å². The fourth-order valence-corrected chi connectivity index (χ4v) is 1.76. The van der Waals surface area contributed by atoms with E-state index in [1.807, 2.05) is 6.07 Å². The van der Waals surface area contributed by atoms with Gasteiger partial charge in [-0.05, 0) is 12.5 Å². The second kappa shape index (κ2) is 5.90. The Balaban J connectivity index is 2.00. The normalized spacial score (nSPS) is 11.2. The standard InChI is InChI=1S/C14H13F3N2O2/c1-9-7-11(12(21-9)14(15,16)17)19-13(20)18-8-10-5-3-2-4-6-10/h2-7H,8H2,1H3,(H2,18,19,20). The summed E-state index contributed by atoms with van der Waals surface area (Å²) in [6.07, 6.45) is -4.66. The van der Waals surface area contributed by atoms with Gasteiger partial charge in [0.05, 0.1) is 5.69 Å². The lowest BCUT2D eigenvalue weighted by atomic mass is 10.2. The van der Waals surface area contributed by atoms with Gasteiger partial charge in [0, 0.05) is 12.6 Å². The lowest BCUT2D eigenvalue weighted by Crippen LogP contribution is -2.28. The molecule has 0 saturated carbocycles.